The van der Waals surface area contributed by atoms with E-state index in [0.717, 1.165) is 36.6 Å². The number of rotatable bonds is 3. The second kappa shape index (κ2) is 8.00. The molecule has 1 atom stereocenters. The van der Waals surface area contributed by atoms with E-state index in [2.05, 4.69) is 0 Å². The van der Waals surface area contributed by atoms with Gasteiger partial charge in [0.15, 0.2) is 0 Å². The molecule has 1 aliphatic rings. The monoisotopic (exact) mass is 375 g/mol. The predicted octanol–water partition coefficient (Wildman–Crippen LogP) is 5.73. The lowest BCUT2D eigenvalue weighted by molar-refractivity contribution is 0.0177. The highest BCUT2D eigenvalue weighted by atomic mass is 35.5. The van der Waals surface area contributed by atoms with E-state index in [4.69, 9.17) is 27.9 Å². The highest BCUT2D eigenvalue weighted by molar-refractivity contribution is 7.99. The number of benzene rings is 1. The molecule has 0 aromatic heterocycles. The number of thioether (sulfide) groups is 1. The maximum atomic E-state index is 12.2. The molecular weight excluding hydrogens is 353 g/mol. The fourth-order valence-corrected chi connectivity index (χ4v) is 4.11. The third kappa shape index (κ3) is 6.09. The summed E-state index contributed by atoms with van der Waals surface area (Å²) in [6.45, 7) is 7.20. The van der Waals surface area contributed by atoms with E-state index in [1.54, 1.807) is 17.8 Å². The van der Waals surface area contributed by atoms with Crippen molar-refractivity contribution in [2.45, 2.75) is 44.1 Å². The molecule has 0 N–H and O–H groups in total. The Morgan fingerprint density at radius 2 is 2.13 bits per heavy atom. The zero-order valence-electron chi connectivity index (χ0n) is 13.8. The average Bonchev–Trinajstić information content (AvgIpc) is 2.45. The first-order valence-electron chi connectivity index (χ1n) is 7.80. The SMILES string of the molecule is CC(C)(C)OC(=O)N1CCCC(CSc2ccc(Cl)cc2Cl)C1. The molecule has 1 unspecified atom stereocenters. The van der Waals surface area contributed by atoms with Crippen molar-refractivity contribution in [3.63, 3.8) is 0 Å². The van der Waals surface area contributed by atoms with E-state index in [1.807, 2.05) is 37.8 Å². The largest absolute Gasteiger partial charge is 0.444 e. The van der Waals surface area contributed by atoms with Gasteiger partial charge in [0.25, 0.3) is 0 Å². The standard InChI is InChI=1S/C17H23Cl2NO2S/c1-17(2,3)22-16(21)20-8-4-5-12(10-20)11-23-15-7-6-13(18)9-14(15)19/h6-7,9,12H,4-5,8,10-11H2,1-3H3. The Morgan fingerprint density at radius 3 is 2.78 bits per heavy atom. The second-order valence-electron chi connectivity index (χ2n) is 6.82. The number of halogens is 2. The second-order valence-corrected chi connectivity index (χ2v) is 8.73. The summed E-state index contributed by atoms with van der Waals surface area (Å²) in [5.74, 6) is 1.38. The third-order valence-electron chi connectivity index (χ3n) is 3.54. The van der Waals surface area contributed by atoms with E-state index in [-0.39, 0.29) is 6.09 Å². The molecule has 1 aromatic carbocycles. The summed E-state index contributed by atoms with van der Waals surface area (Å²) in [7, 11) is 0. The van der Waals surface area contributed by atoms with Crippen molar-refractivity contribution < 1.29 is 9.53 Å². The van der Waals surface area contributed by atoms with E-state index in [0.29, 0.717) is 16.0 Å². The van der Waals surface area contributed by atoms with Crippen LogP contribution in [0, 0.1) is 5.92 Å². The van der Waals surface area contributed by atoms with Gasteiger partial charge in [-0.1, -0.05) is 23.2 Å². The Kier molecular flexibility index (Phi) is 6.52. The molecule has 1 fully saturated rings. The molecule has 1 heterocycles. The highest BCUT2D eigenvalue weighted by Crippen LogP contribution is 2.32. The van der Waals surface area contributed by atoms with Crippen molar-refractivity contribution in [2.75, 3.05) is 18.8 Å². The molecule has 0 bridgehead atoms. The van der Waals surface area contributed by atoms with Crippen LogP contribution in [0.25, 0.3) is 0 Å². The Bertz CT molecular complexity index is 560. The van der Waals surface area contributed by atoms with Gasteiger partial charge < -0.3 is 9.64 Å². The molecule has 1 saturated heterocycles. The van der Waals surface area contributed by atoms with Crippen molar-refractivity contribution in [1.82, 2.24) is 4.90 Å². The zero-order chi connectivity index (χ0) is 17.0. The van der Waals surface area contributed by atoms with Gasteiger partial charge in [0.05, 0.1) is 5.02 Å². The first kappa shape index (κ1) is 18.8. The summed E-state index contributed by atoms with van der Waals surface area (Å²) in [6, 6.07) is 5.56. The van der Waals surface area contributed by atoms with Gasteiger partial charge in [-0.15, -0.1) is 11.8 Å². The maximum Gasteiger partial charge on any atom is 0.410 e. The van der Waals surface area contributed by atoms with E-state index < -0.39 is 5.60 Å². The Balaban J connectivity index is 1.87. The highest BCUT2D eigenvalue weighted by Gasteiger charge is 2.27. The first-order valence-corrected chi connectivity index (χ1v) is 9.54. The van der Waals surface area contributed by atoms with Crippen LogP contribution >= 0.6 is 35.0 Å². The molecule has 0 spiro atoms. The number of hydrogen-bond donors (Lipinski definition) is 0. The average molecular weight is 376 g/mol. The molecule has 6 heteroatoms. The van der Waals surface area contributed by atoms with Crippen LogP contribution in [0.4, 0.5) is 4.79 Å². The fraction of sp³-hybridized carbons (Fsp3) is 0.588. The van der Waals surface area contributed by atoms with Gasteiger partial charge >= 0.3 is 6.09 Å². The molecule has 0 radical (unpaired) electrons. The molecule has 23 heavy (non-hydrogen) atoms. The summed E-state index contributed by atoms with van der Waals surface area (Å²) < 4.78 is 5.46. The van der Waals surface area contributed by atoms with Crippen LogP contribution in [0.15, 0.2) is 23.1 Å². The van der Waals surface area contributed by atoms with Gasteiger partial charge in [0, 0.05) is 28.8 Å². The molecule has 1 amide bonds. The topological polar surface area (TPSA) is 29.5 Å². The fourth-order valence-electron chi connectivity index (χ4n) is 2.49. The molecular formula is C17H23Cl2NO2S. The first-order chi connectivity index (χ1) is 10.7. The number of likely N-dealkylation sites (tertiary alicyclic amines) is 1. The minimum absolute atomic E-state index is 0.211. The minimum atomic E-state index is -0.449. The molecule has 128 valence electrons. The number of nitrogens with zero attached hydrogens (tertiary/aromatic N) is 1. The summed E-state index contributed by atoms with van der Waals surface area (Å²) in [6.07, 6.45) is 1.92. The normalized spacial score (nSPS) is 18.8. The summed E-state index contributed by atoms with van der Waals surface area (Å²) >= 11 is 13.8. The van der Waals surface area contributed by atoms with Gasteiger partial charge in [-0.05, 0) is 57.7 Å². The van der Waals surface area contributed by atoms with Crippen LogP contribution in [0.2, 0.25) is 10.0 Å². The summed E-state index contributed by atoms with van der Waals surface area (Å²) in [4.78, 5) is 15.0. The lowest BCUT2D eigenvalue weighted by Crippen LogP contribution is -2.43. The predicted molar refractivity (Wildman–Crippen MR) is 97.7 cm³/mol. The number of amides is 1. The van der Waals surface area contributed by atoms with Gasteiger partial charge in [-0.25, -0.2) is 4.79 Å². The van der Waals surface area contributed by atoms with Gasteiger partial charge in [-0.3, -0.25) is 0 Å². The Labute approximate surface area is 152 Å². The van der Waals surface area contributed by atoms with Crippen molar-refractivity contribution in [3.8, 4) is 0 Å². The van der Waals surface area contributed by atoms with Crippen LogP contribution in [0.3, 0.4) is 0 Å². The molecule has 1 aromatic rings. The number of piperidine rings is 1. The lowest BCUT2D eigenvalue weighted by atomic mass is 10.0. The van der Waals surface area contributed by atoms with E-state index in [9.17, 15) is 4.79 Å². The van der Waals surface area contributed by atoms with Crippen LogP contribution in [0.1, 0.15) is 33.6 Å². The van der Waals surface area contributed by atoms with Crippen LogP contribution in [-0.4, -0.2) is 35.4 Å². The molecule has 2 rings (SSSR count). The van der Waals surface area contributed by atoms with Gasteiger partial charge in [0.1, 0.15) is 5.60 Å². The lowest BCUT2D eigenvalue weighted by Gasteiger charge is -2.34. The molecule has 1 aliphatic heterocycles. The summed E-state index contributed by atoms with van der Waals surface area (Å²) in [5.41, 5.74) is -0.449. The summed E-state index contributed by atoms with van der Waals surface area (Å²) in [5, 5.41) is 1.33. The van der Waals surface area contributed by atoms with Crippen molar-refractivity contribution in [2.24, 2.45) is 5.92 Å². The van der Waals surface area contributed by atoms with Crippen molar-refractivity contribution >= 4 is 41.1 Å². The Morgan fingerprint density at radius 1 is 1.39 bits per heavy atom. The van der Waals surface area contributed by atoms with Crippen LogP contribution in [0.5, 0.6) is 0 Å². The Hall–Kier alpha value is -0.580. The minimum Gasteiger partial charge on any atom is -0.444 e. The van der Waals surface area contributed by atoms with Crippen molar-refractivity contribution in [1.29, 1.82) is 0 Å². The number of hydrogen-bond acceptors (Lipinski definition) is 3. The quantitative estimate of drug-likeness (QED) is 0.631. The molecule has 0 saturated carbocycles. The van der Waals surface area contributed by atoms with Crippen molar-refractivity contribution in [3.05, 3.63) is 28.2 Å². The van der Waals surface area contributed by atoms with Gasteiger partial charge in [0.2, 0.25) is 0 Å². The third-order valence-corrected chi connectivity index (χ3v) is 5.50. The van der Waals surface area contributed by atoms with E-state index in [1.165, 1.54) is 0 Å². The van der Waals surface area contributed by atoms with Gasteiger partial charge in [-0.2, -0.15) is 0 Å². The van der Waals surface area contributed by atoms with Crippen LogP contribution < -0.4 is 0 Å². The number of carbonyl (C=O) groups is 1. The van der Waals surface area contributed by atoms with Crippen LogP contribution in [-0.2, 0) is 4.74 Å². The number of ether oxygens (including phenoxy) is 1. The smallest absolute Gasteiger partial charge is 0.410 e. The zero-order valence-corrected chi connectivity index (χ0v) is 16.1. The number of carbonyl (C=O) groups excluding carboxylic acids is 1. The molecule has 3 nitrogen and oxygen atoms in total. The molecule has 0 aliphatic carbocycles. The van der Waals surface area contributed by atoms with E-state index >= 15 is 0 Å². The maximum absolute atomic E-state index is 12.2.